The summed E-state index contributed by atoms with van der Waals surface area (Å²) in [5.74, 6) is 0.700. The molecule has 2 rings (SSSR count). The van der Waals surface area contributed by atoms with Gasteiger partial charge in [0.1, 0.15) is 0 Å². The second-order valence-corrected chi connectivity index (χ2v) is 5.53. The van der Waals surface area contributed by atoms with Crippen LogP contribution >= 0.6 is 0 Å². The van der Waals surface area contributed by atoms with E-state index in [0.717, 1.165) is 51.9 Å². The zero-order chi connectivity index (χ0) is 12.3. The first-order valence-corrected chi connectivity index (χ1v) is 6.62. The molecule has 1 aliphatic heterocycles. The monoisotopic (exact) mass is 241 g/mol. The Morgan fingerprint density at radius 2 is 2.06 bits per heavy atom. The fourth-order valence-electron chi connectivity index (χ4n) is 2.85. The maximum atomic E-state index is 12.3. The van der Waals surface area contributed by atoms with E-state index in [0.29, 0.717) is 5.92 Å². The summed E-state index contributed by atoms with van der Waals surface area (Å²) in [5.41, 5.74) is -0.445. The number of carbonyl (C=O) groups excluding carboxylic acids is 1. The Bertz CT molecular complexity index is 264. The van der Waals surface area contributed by atoms with Crippen molar-refractivity contribution in [2.45, 2.75) is 32.1 Å². The van der Waals surface area contributed by atoms with Gasteiger partial charge in [0, 0.05) is 26.8 Å². The van der Waals surface area contributed by atoms with Crippen LogP contribution in [0, 0.1) is 11.3 Å². The van der Waals surface area contributed by atoms with Gasteiger partial charge >= 0.3 is 0 Å². The minimum Gasteiger partial charge on any atom is -0.395 e. The normalized spacial score (nSPS) is 24.1. The number of aliphatic hydroxyl groups excluding tert-OH is 1. The zero-order valence-electron chi connectivity index (χ0n) is 10.7. The van der Waals surface area contributed by atoms with E-state index in [9.17, 15) is 9.90 Å². The molecule has 1 amide bonds. The molecule has 1 saturated heterocycles. The number of nitrogens with zero attached hydrogens (tertiary/aromatic N) is 1. The van der Waals surface area contributed by atoms with E-state index < -0.39 is 5.41 Å². The highest BCUT2D eigenvalue weighted by atomic mass is 16.5. The predicted molar refractivity (Wildman–Crippen MR) is 64.5 cm³/mol. The van der Waals surface area contributed by atoms with Gasteiger partial charge in [-0.2, -0.15) is 0 Å². The van der Waals surface area contributed by atoms with Gasteiger partial charge in [0.05, 0.1) is 12.0 Å². The lowest BCUT2D eigenvalue weighted by Crippen LogP contribution is -2.50. The Morgan fingerprint density at radius 3 is 2.53 bits per heavy atom. The van der Waals surface area contributed by atoms with E-state index in [1.807, 2.05) is 11.9 Å². The first-order valence-electron chi connectivity index (χ1n) is 6.62. The summed E-state index contributed by atoms with van der Waals surface area (Å²) in [6, 6.07) is 0. The van der Waals surface area contributed by atoms with E-state index in [1.165, 1.54) is 0 Å². The Kier molecular flexibility index (Phi) is 4.05. The van der Waals surface area contributed by atoms with Crippen molar-refractivity contribution in [3.63, 3.8) is 0 Å². The number of carbonyl (C=O) groups is 1. The molecule has 0 atom stereocenters. The minimum absolute atomic E-state index is 0.00392. The lowest BCUT2D eigenvalue weighted by Gasteiger charge is -2.42. The summed E-state index contributed by atoms with van der Waals surface area (Å²) in [6.45, 7) is 2.45. The van der Waals surface area contributed by atoms with Crippen LogP contribution in [-0.4, -0.2) is 49.3 Å². The van der Waals surface area contributed by atoms with E-state index in [2.05, 4.69) is 0 Å². The van der Waals surface area contributed by atoms with Gasteiger partial charge in [0.15, 0.2) is 0 Å². The van der Waals surface area contributed by atoms with Crippen LogP contribution in [0.2, 0.25) is 0 Å². The Hall–Kier alpha value is -0.610. The zero-order valence-corrected chi connectivity index (χ0v) is 10.7. The Morgan fingerprint density at radius 1 is 1.41 bits per heavy atom. The number of ether oxygens (including phenoxy) is 1. The van der Waals surface area contributed by atoms with Crippen molar-refractivity contribution in [3.8, 4) is 0 Å². The summed E-state index contributed by atoms with van der Waals surface area (Å²) >= 11 is 0. The van der Waals surface area contributed by atoms with Crippen molar-refractivity contribution < 1.29 is 14.6 Å². The molecule has 98 valence electrons. The molecule has 1 saturated carbocycles. The molecule has 1 N–H and O–H groups in total. The van der Waals surface area contributed by atoms with Crippen LogP contribution < -0.4 is 0 Å². The number of hydrogen-bond acceptors (Lipinski definition) is 3. The van der Waals surface area contributed by atoms with E-state index in [-0.39, 0.29) is 12.5 Å². The SMILES string of the molecule is CN(CC1CCOCC1)C(=O)C1(CO)CCC1. The summed E-state index contributed by atoms with van der Waals surface area (Å²) in [7, 11) is 1.87. The van der Waals surface area contributed by atoms with Crippen LogP contribution in [-0.2, 0) is 9.53 Å². The van der Waals surface area contributed by atoms with Gasteiger partial charge in [-0.3, -0.25) is 4.79 Å². The number of amides is 1. The topological polar surface area (TPSA) is 49.8 Å². The molecule has 0 aromatic carbocycles. The summed E-state index contributed by atoms with van der Waals surface area (Å²) in [6.07, 6.45) is 4.85. The average molecular weight is 241 g/mol. The molecular weight excluding hydrogens is 218 g/mol. The maximum Gasteiger partial charge on any atom is 0.230 e. The molecule has 0 unspecified atom stereocenters. The van der Waals surface area contributed by atoms with Crippen molar-refractivity contribution in [3.05, 3.63) is 0 Å². The second-order valence-electron chi connectivity index (χ2n) is 5.53. The maximum absolute atomic E-state index is 12.3. The molecule has 2 fully saturated rings. The van der Waals surface area contributed by atoms with Crippen molar-refractivity contribution in [2.75, 3.05) is 33.4 Å². The van der Waals surface area contributed by atoms with Gasteiger partial charge in [-0.1, -0.05) is 6.42 Å². The quantitative estimate of drug-likeness (QED) is 0.800. The van der Waals surface area contributed by atoms with Crippen LogP contribution in [0.15, 0.2) is 0 Å². The highest BCUT2D eigenvalue weighted by Crippen LogP contribution is 2.42. The Balaban J connectivity index is 1.86. The summed E-state index contributed by atoms with van der Waals surface area (Å²) in [4.78, 5) is 14.1. The van der Waals surface area contributed by atoms with Gasteiger partial charge in [-0.25, -0.2) is 0 Å². The van der Waals surface area contributed by atoms with Crippen LogP contribution in [0.5, 0.6) is 0 Å². The van der Waals surface area contributed by atoms with Crippen LogP contribution in [0.1, 0.15) is 32.1 Å². The standard InChI is InChI=1S/C13H23NO3/c1-14(9-11-3-7-17-8-4-11)12(16)13(10-15)5-2-6-13/h11,15H,2-10H2,1H3. The molecule has 2 aliphatic rings. The molecule has 4 heteroatoms. The van der Waals surface area contributed by atoms with Gasteiger partial charge in [-0.15, -0.1) is 0 Å². The van der Waals surface area contributed by atoms with Gasteiger partial charge in [0.25, 0.3) is 0 Å². The first-order chi connectivity index (χ1) is 8.18. The van der Waals surface area contributed by atoms with Crippen LogP contribution in [0.25, 0.3) is 0 Å². The molecule has 0 radical (unpaired) electrons. The van der Waals surface area contributed by atoms with Crippen molar-refractivity contribution in [1.82, 2.24) is 4.90 Å². The largest absolute Gasteiger partial charge is 0.395 e. The molecule has 0 aromatic heterocycles. The van der Waals surface area contributed by atoms with Gasteiger partial charge in [0.2, 0.25) is 5.91 Å². The van der Waals surface area contributed by atoms with Gasteiger partial charge in [-0.05, 0) is 31.6 Å². The molecule has 0 spiro atoms. The lowest BCUT2D eigenvalue weighted by molar-refractivity contribution is -0.150. The van der Waals surface area contributed by atoms with Crippen molar-refractivity contribution in [1.29, 1.82) is 0 Å². The minimum atomic E-state index is -0.445. The summed E-state index contributed by atoms with van der Waals surface area (Å²) in [5, 5.41) is 9.39. The number of hydrogen-bond donors (Lipinski definition) is 1. The van der Waals surface area contributed by atoms with Crippen molar-refractivity contribution >= 4 is 5.91 Å². The van der Waals surface area contributed by atoms with E-state index in [4.69, 9.17) is 4.74 Å². The fourth-order valence-corrected chi connectivity index (χ4v) is 2.85. The highest BCUT2D eigenvalue weighted by molar-refractivity contribution is 5.83. The number of rotatable bonds is 4. The lowest BCUT2D eigenvalue weighted by atomic mass is 9.68. The van der Waals surface area contributed by atoms with E-state index in [1.54, 1.807) is 0 Å². The fraction of sp³-hybridized carbons (Fsp3) is 0.923. The molecule has 17 heavy (non-hydrogen) atoms. The molecular formula is C13H23NO3. The summed E-state index contributed by atoms with van der Waals surface area (Å²) < 4.78 is 5.32. The molecule has 0 bridgehead atoms. The third-order valence-electron chi connectivity index (χ3n) is 4.29. The third-order valence-corrected chi connectivity index (χ3v) is 4.29. The second kappa shape index (κ2) is 5.36. The molecule has 1 aliphatic carbocycles. The van der Waals surface area contributed by atoms with Gasteiger partial charge < -0.3 is 14.7 Å². The highest BCUT2D eigenvalue weighted by Gasteiger charge is 2.45. The van der Waals surface area contributed by atoms with Crippen molar-refractivity contribution in [2.24, 2.45) is 11.3 Å². The first kappa shape index (κ1) is 12.8. The molecule has 0 aromatic rings. The predicted octanol–water partition coefficient (Wildman–Crippen LogP) is 1.03. The molecule has 4 nitrogen and oxygen atoms in total. The van der Waals surface area contributed by atoms with E-state index >= 15 is 0 Å². The smallest absolute Gasteiger partial charge is 0.230 e. The third kappa shape index (κ3) is 2.63. The number of aliphatic hydroxyl groups is 1. The average Bonchev–Trinajstić information content (AvgIpc) is 2.29. The Labute approximate surface area is 103 Å². The molecule has 1 heterocycles. The van der Waals surface area contributed by atoms with Crippen LogP contribution in [0.4, 0.5) is 0 Å². The van der Waals surface area contributed by atoms with Crippen LogP contribution in [0.3, 0.4) is 0 Å².